The molecule has 0 aliphatic heterocycles. The van der Waals surface area contributed by atoms with Gasteiger partial charge in [-0.25, -0.2) is 16.8 Å². The molecule has 0 aliphatic carbocycles. The number of hydrogen-bond donors (Lipinski definition) is 1. The fraction of sp³-hybridized carbons (Fsp3) is 0.269. The number of hydrogen-bond acceptors (Lipinski definition) is 5. The summed E-state index contributed by atoms with van der Waals surface area (Å²) >= 11 is 0. The average molecular weight is 530 g/mol. The molecule has 0 aliphatic rings. The van der Waals surface area contributed by atoms with Crippen molar-refractivity contribution in [3.8, 4) is 0 Å². The minimum absolute atomic E-state index is 0.0738. The molecule has 0 saturated heterocycles. The Morgan fingerprint density at radius 3 is 1.92 bits per heavy atom. The van der Waals surface area contributed by atoms with E-state index in [0.29, 0.717) is 24.5 Å². The number of nitrogens with one attached hydrogen (secondary N) is 1. The lowest BCUT2D eigenvalue weighted by atomic mass is 10.1. The van der Waals surface area contributed by atoms with E-state index in [1.807, 2.05) is 19.9 Å². The summed E-state index contributed by atoms with van der Waals surface area (Å²) in [5.74, 6) is -0.560. The van der Waals surface area contributed by atoms with Gasteiger partial charge in [-0.1, -0.05) is 44.2 Å². The van der Waals surface area contributed by atoms with Crippen LogP contribution in [-0.2, 0) is 24.8 Å². The summed E-state index contributed by atoms with van der Waals surface area (Å²) in [4.78, 5) is 13.2. The number of carbonyl (C=O) groups is 1. The minimum atomic E-state index is -4.03. The van der Waals surface area contributed by atoms with Gasteiger partial charge in [0.1, 0.15) is 6.54 Å². The largest absolute Gasteiger partial charge is 0.325 e. The Morgan fingerprint density at radius 1 is 0.750 bits per heavy atom. The molecule has 0 unspecified atom stereocenters. The van der Waals surface area contributed by atoms with Gasteiger partial charge in [-0.3, -0.25) is 9.10 Å². The van der Waals surface area contributed by atoms with Crippen LogP contribution < -0.4 is 9.62 Å². The van der Waals surface area contributed by atoms with Crippen molar-refractivity contribution in [2.45, 2.75) is 37.5 Å². The number of amides is 1. The van der Waals surface area contributed by atoms with Crippen LogP contribution in [0.4, 0.5) is 11.4 Å². The van der Waals surface area contributed by atoms with E-state index >= 15 is 0 Å². The van der Waals surface area contributed by atoms with Crippen LogP contribution >= 0.6 is 0 Å². The maximum atomic E-state index is 13.5. The summed E-state index contributed by atoms with van der Waals surface area (Å²) in [5, 5.41) is 2.68. The first-order chi connectivity index (χ1) is 17.0. The van der Waals surface area contributed by atoms with Crippen molar-refractivity contribution in [3.05, 3.63) is 83.9 Å². The predicted molar refractivity (Wildman–Crippen MR) is 142 cm³/mol. The van der Waals surface area contributed by atoms with E-state index in [-0.39, 0.29) is 9.79 Å². The van der Waals surface area contributed by atoms with E-state index < -0.39 is 32.5 Å². The third kappa shape index (κ3) is 5.77. The molecule has 0 radical (unpaired) electrons. The predicted octanol–water partition coefficient (Wildman–Crippen LogP) is 4.17. The Balaban J connectivity index is 1.89. The molecule has 0 aromatic heterocycles. The van der Waals surface area contributed by atoms with Crippen molar-refractivity contribution in [3.63, 3.8) is 0 Å². The summed E-state index contributed by atoms with van der Waals surface area (Å²) in [6, 6.07) is 19.1. The van der Waals surface area contributed by atoms with Crippen molar-refractivity contribution < 1.29 is 21.6 Å². The van der Waals surface area contributed by atoms with Crippen LogP contribution in [0.2, 0.25) is 0 Å². The third-order valence-electron chi connectivity index (χ3n) is 5.94. The molecule has 0 spiro atoms. The van der Waals surface area contributed by atoms with Crippen LogP contribution in [-0.4, -0.2) is 46.7 Å². The third-order valence-corrected chi connectivity index (χ3v) is 9.78. The summed E-state index contributed by atoms with van der Waals surface area (Å²) in [6.07, 6.45) is 0. The Kier molecular flexibility index (Phi) is 8.55. The van der Waals surface area contributed by atoms with Gasteiger partial charge in [0.05, 0.1) is 15.5 Å². The number of aryl methyl sites for hydroxylation is 1. The Bertz CT molecular complexity index is 1420. The lowest BCUT2D eigenvalue weighted by Gasteiger charge is -2.26. The van der Waals surface area contributed by atoms with Gasteiger partial charge >= 0.3 is 0 Å². The molecule has 0 bridgehead atoms. The molecule has 36 heavy (non-hydrogen) atoms. The molecule has 0 fully saturated rings. The first-order valence-electron chi connectivity index (χ1n) is 11.6. The quantitative estimate of drug-likeness (QED) is 0.425. The zero-order valence-electron chi connectivity index (χ0n) is 20.8. The number of carbonyl (C=O) groups excluding carboxylic acids is 1. The van der Waals surface area contributed by atoms with Gasteiger partial charge in [0.2, 0.25) is 15.9 Å². The molecule has 0 heterocycles. The summed E-state index contributed by atoms with van der Waals surface area (Å²) in [5.41, 5.74) is 2.41. The first kappa shape index (κ1) is 27.4. The maximum absolute atomic E-state index is 13.5. The molecule has 3 rings (SSSR count). The summed E-state index contributed by atoms with van der Waals surface area (Å²) in [6.45, 7) is 7.46. The van der Waals surface area contributed by atoms with Crippen molar-refractivity contribution in [1.82, 2.24) is 4.31 Å². The maximum Gasteiger partial charge on any atom is 0.264 e. The standard InChI is InChI=1S/C26H31N3O5S2/c1-5-28(6-2)35(31,32)24-17-15-22(16-18-24)27-26(30)19-29(25-14-10-11-20(3)21(25)4)36(33,34)23-12-8-7-9-13-23/h7-18H,5-6,19H2,1-4H3,(H,27,30). The highest BCUT2D eigenvalue weighted by Crippen LogP contribution is 2.28. The molecule has 192 valence electrons. The second kappa shape index (κ2) is 11.2. The highest BCUT2D eigenvalue weighted by atomic mass is 32.2. The van der Waals surface area contributed by atoms with E-state index in [2.05, 4.69) is 5.32 Å². The van der Waals surface area contributed by atoms with Gasteiger partial charge in [0, 0.05) is 18.8 Å². The zero-order valence-corrected chi connectivity index (χ0v) is 22.4. The number of rotatable bonds is 10. The highest BCUT2D eigenvalue weighted by Gasteiger charge is 2.28. The van der Waals surface area contributed by atoms with Gasteiger partial charge in [-0.15, -0.1) is 0 Å². The molecule has 3 aromatic rings. The molecule has 8 nitrogen and oxygen atoms in total. The van der Waals surface area contributed by atoms with Crippen LogP contribution in [0.1, 0.15) is 25.0 Å². The molecule has 10 heteroatoms. The number of nitrogens with zero attached hydrogens (tertiary/aromatic N) is 2. The number of sulfonamides is 2. The van der Waals surface area contributed by atoms with E-state index in [1.54, 1.807) is 44.2 Å². The van der Waals surface area contributed by atoms with Crippen molar-refractivity contribution in [2.24, 2.45) is 0 Å². The fourth-order valence-electron chi connectivity index (χ4n) is 3.78. The topological polar surface area (TPSA) is 104 Å². The summed E-state index contributed by atoms with van der Waals surface area (Å²) < 4.78 is 54.9. The monoisotopic (exact) mass is 529 g/mol. The molecule has 1 N–H and O–H groups in total. The highest BCUT2D eigenvalue weighted by molar-refractivity contribution is 7.92. The van der Waals surface area contributed by atoms with E-state index in [1.165, 1.54) is 40.7 Å². The molecule has 3 aromatic carbocycles. The molecule has 0 atom stereocenters. The van der Waals surface area contributed by atoms with Crippen LogP contribution in [0.15, 0.2) is 82.6 Å². The van der Waals surface area contributed by atoms with Crippen molar-refractivity contribution in [2.75, 3.05) is 29.3 Å². The first-order valence-corrected chi connectivity index (χ1v) is 14.4. The average Bonchev–Trinajstić information content (AvgIpc) is 2.86. The van der Waals surface area contributed by atoms with Gasteiger partial charge in [-0.2, -0.15) is 4.31 Å². The lowest BCUT2D eigenvalue weighted by Crippen LogP contribution is -2.38. The number of anilines is 2. The summed E-state index contributed by atoms with van der Waals surface area (Å²) in [7, 11) is -7.66. The van der Waals surface area contributed by atoms with Crippen LogP contribution in [0.5, 0.6) is 0 Å². The van der Waals surface area contributed by atoms with Gasteiger partial charge < -0.3 is 5.32 Å². The minimum Gasteiger partial charge on any atom is -0.325 e. The normalized spacial score (nSPS) is 11.9. The molecular weight excluding hydrogens is 498 g/mol. The van der Waals surface area contributed by atoms with Gasteiger partial charge in [0.25, 0.3) is 10.0 Å². The Hall–Kier alpha value is -3.21. The molecular formula is C26H31N3O5S2. The smallest absolute Gasteiger partial charge is 0.264 e. The SMILES string of the molecule is CCN(CC)S(=O)(=O)c1ccc(NC(=O)CN(c2cccc(C)c2C)S(=O)(=O)c2ccccc2)cc1. The Morgan fingerprint density at radius 2 is 1.33 bits per heavy atom. The van der Waals surface area contributed by atoms with Crippen LogP contribution in [0.25, 0.3) is 0 Å². The fourth-order valence-corrected chi connectivity index (χ4v) is 6.74. The second-order valence-corrected chi connectivity index (χ2v) is 12.0. The number of benzene rings is 3. The van der Waals surface area contributed by atoms with E-state index in [0.717, 1.165) is 15.4 Å². The van der Waals surface area contributed by atoms with Crippen molar-refractivity contribution in [1.29, 1.82) is 0 Å². The lowest BCUT2D eigenvalue weighted by molar-refractivity contribution is -0.114. The van der Waals surface area contributed by atoms with Crippen LogP contribution in [0, 0.1) is 13.8 Å². The van der Waals surface area contributed by atoms with Gasteiger partial charge in [-0.05, 0) is 67.4 Å². The molecule has 0 saturated carbocycles. The second-order valence-electron chi connectivity index (χ2n) is 8.21. The van der Waals surface area contributed by atoms with E-state index in [4.69, 9.17) is 0 Å². The Labute approximate surface area is 213 Å². The zero-order chi connectivity index (χ0) is 26.5. The van der Waals surface area contributed by atoms with Crippen molar-refractivity contribution >= 4 is 37.3 Å². The van der Waals surface area contributed by atoms with Crippen LogP contribution in [0.3, 0.4) is 0 Å². The molecule has 1 amide bonds. The van der Waals surface area contributed by atoms with Gasteiger partial charge in [0.15, 0.2) is 0 Å². The van der Waals surface area contributed by atoms with E-state index in [9.17, 15) is 21.6 Å².